The molecule has 0 bridgehead atoms. The molecule has 0 aliphatic heterocycles. The number of rotatable bonds is 3. The van der Waals surface area contributed by atoms with Gasteiger partial charge in [0.1, 0.15) is 0 Å². The molecule has 0 radical (unpaired) electrons. The maximum Gasteiger partial charge on any atom is 0 e. The van der Waals surface area contributed by atoms with Crippen molar-refractivity contribution in [2.75, 3.05) is 0 Å². The molecule has 60 valence electrons. The fourth-order valence-electron chi connectivity index (χ4n) is 1.16. The van der Waals surface area contributed by atoms with Crippen molar-refractivity contribution in [2.45, 2.75) is 33.1 Å². The second-order valence-electron chi connectivity index (χ2n) is 2.90. The van der Waals surface area contributed by atoms with Crippen molar-refractivity contribution in [1.82, 2.24) is 0 Å². The van der Waals surface area contributed by atoms with Crippen molar-refractivity contribution in [2.24, 2.45) is 0 Å². The molecule has 1 heteroatoms. The van der Waals surface area contributed by atoms with Crippen molar-refractivity contribution >= 4 is 0 Å². The summed E-state index contributed by atoms with van der Waals surface area (Å²) in [6, 6.07) is 6.69. The van der Waals surface area contributed by atoms with E-state index in [1.54, 1.807) is 0 Å². The van der Waals surface area contributed by atoms with Crippen LogP contribution in [0, 0.1) is 6.92 Å². The van der Waals surface area contributed by atoms with Crippen LogP contribution in [0.15, 0.2) is 18.2 Å². The Morgan fingerprint density at radius 1 is 1.45 bits per heavy atom. The van der Waals surface area contributed by atoms with E-state index in [-0.39, 0.29) is 25.8 Å². The number of hydrogen-bond donors (Lipinski definition) is 0. The minimum absolute atomic E-state index is 0. The molecule has 0 fully saturated rings. The quantitative estimate of drug-likeness (QED) is 0.594. The molecule has 11 heavy (non-hydrogen) atoms. The van der Waals surface area contributed by atoms with Crippen molar-refractivity contribution in [1.29, 1.82) is 0 Å². The van der Waals surface area contributed by atoms with Gasteiger partial charge >= 0.3 is 0 Å². The molecule has 0 aliphatic rings. The summed E-state index contributed by atoms with van der Waals surface area (Å²) in [5.41, 5.74) is 2.89. The molecule has 1 rings (SSSR count). The van der Waals surface area contributed by atoms with Crippen LogP contribution in [0.1, 0.15) is 30.9 Å². The fraction of sp³-hybridized carbons (Fsp3) is 0.500. The van der Waals surface area contributed by atoms with Gasteiger partial charge in [-0.15, -0.1) is 0 Å². The number of hydrogen-bond acceptors (Lipinski definition) is 0. The molecule has 0 saturated carbocycles. The third kappa shape index (κ3) is 3.95. The van der Waals surface area contributed by atoms with Crippen LogP contribution in [-0.2, 0) is 32.3 Å². The molecule has 0 unspecified atom stereocenters. The Labute approximate surface area is 88.2 Å². The van der Waals surface area contributed by atoms with Crippen LogP contribution >= 0.6 is 0 Å². The Balaban J connectivity index is 0.000001000. The molecular weight excluding hydrogens is 299 g/mol. The van der Waals surface area contributed by atoms with Crippen LogP contribution in [0.2, 0.25) is 0 Å². The zero-order valence-electron chi connectivity index (χ0n) is 7.35. The van der Waals surface area contributed by atoms with Crippen molar-refractivity contribution in [3.63, 3.8) is 0 Å². The summed E-state index contributed by atoms with van der Waals surface area (Å²) in [7, 11) is 0. The average Bonchev–Trinajstić information content (AvgIpc) is 2.31. The maximum atomic E-state index is 2.27. The second kappa shape index (κ2) is 5.82. The van der Waals surface area contributed by atoms with E-state index in [1.165, 1.54) is 30.4 Å². The summed E-state index contributed by atoms with van der Waals surface area (Å²) in [6.45, 7) is 4.38. The Morgan fingerprint density at radius 3 is 2.64 bits per heavy atom. The van der Waals surface area contributed by atoms with E-state index in [4.69, 9.17) is 0 Å². The van der Waals surface area contributed by atoms with E-state index in [2.05, 4.69) is 32.0 Å². The van der Waals surface area contributed by atoms with E-state index in [0.29, 0.717) is 0 Å². The second-order valence-corrected chi connectivity index (χ2v) is 2.90. The molecular formula is C10H15Hf-. The summed E-state index contributed by atoms with van der Waals surface area (Å²) in [4.78, 5) is 0. The van der Waals surface area contributed by atoms with Crippen molar-refractivity contribution < 1.29 is 25.8 Å². The molecule has 1 aromatic carbocycles. The zero-order chi connectivity index (χ0) is 7.40. The fourth-order valence-corrected chi connectivity index (χ4v) is 1.16. The molecule has 0 saturated heterocycles. The summed E-state index contributed by atoms with van der Waals surface area (Å²) >= 11 is 0. The van der Waals surface area contributed by atoms with Gasteiger partial charge in [-0.2, -0.15) is 23.3 Å². The Bertz CT molecular complexity index is 189. The summed E-state index contributed by atoms with van der Waals surface area (Å²) < 4.78 is 0. The van der Waals surface area contributed by atoms with Gasteiger partial charge in [-0.25, -0.2) is 6.07 Å². The largest absolute Gasteiger partial charge is 0.210 e. The molecule has 0 heterocycles. The molecule has 0 aliphatic carbocycles. The van der Waals surface area contributed by atoms with Gasteiger partial charge in [-0.1, -0.05) is 33.1 Å². The van der Waals surface area contributed by atoms with Crippen LogP contribution in [0.3, 0.4) is 0 Å². The Kier molecular flexibility index (Phi) is 5.93. The topological polar surface area (TPSA) is 0 Å². The van der Waals surface area contributed by atoms with Crippen LogP contribution < -0.4 is 0 Å². The van der Waals surface area contributed by atoms with Gasteiger partial charge < -0.3 is 0 Å². The predicted molar refractivity (Wildman–Crippen MR) is 45.4 cm³/mol. The zero-order valence-corrected chi connectivity index (χ0v) is 10.9. The predicted octanol–water partition coefficient (Wildman–Crippen LogP) is 3.05. The molecule has 0 spiro atoms. The number of aryl methyl sites for hydroxylation is 2. The van der Waals surface area contributed by atoms with E-state index in [9.17, 15) is 0 Å². The first-order chi connectivity index (χ1) is 4.83. The van der Waals surface area contributed by atoms with E-state index in [1.807, 2.05) is 0 Å². The smallest absolute Gasteiger partial charge is 0 e. The maximum absolute atomic E-state index is 2.27. The van der Waals surface area contributed by atoms with Crippen LogP contribution in [0.4, 0.5) is 0 Å². The summed E-state index contributed by atoms with van der Waals surface area (Å²) in [5.74, 6) is 0. The summed E-state index contributed by atoms with van der Waals surface area (Å²) in [6.07, 6.45) is 3.87. The molecule has 0 aromatic heterocycles. The Hall–Kier alpha value is 0.220. The first-order valence-electron chi connectivity index (χ1n) is 4.05. The SMILES string of the molecule is CCCCc1cc[c-](C)c1.[Hf]. The van der Waals surface area contributed by atoms with Crippen LogP contribution in [0.25, 0.3) is 0 Å². The summed E-state index contributed by atoms with van der Waals surface area (Å²) in [5, 5.41) is 0. The van der Waals surface area contributed by atoms with Gasteiger partial charge in [-0.05, 0) is 0 Å². The molecule has 0 amide bonds. The van der Waals surface area contributed by atoms with Gasteiger partial charge in [0, 0.05) is 25.8 Å². The van der Waals surface area contributed by atoms with Crippen molar-refractivity contribution in [3.8, 4) is 0 Å². The van der Waals surface area contributed by atoms with Crippen molar-refractivity contribution in [3.05, 3.63) is 29.3 Å². The van der Waals surface area contributed by atoms with Gasteiger partial charge in [0.05, 0.1) is 0 Å². The van der Waals surface area contributed by atoms with Gasteiger partial charge in [0.2, 0.25) is 0 Å². The monoisotopic (exact) mass is 315 g/mol. The van der Waals surface area contributed by atoms with Gasteiger partial charge in [0.15, 0.2) is 0 Å². The van der Waals surface area contributed by atoms with E-state index < -0.39 is 0 Å². The normalized spacial score (nSPS) is 9.27. The van der Waals surface area contributed by atoms with E-state index in [0.717, 1.165) is 0 Å². The van der Waals surface area contributed by atoms with Crippen LogP contribution in [0.5, 0.6) is 0 Å². The first-order valence-corrected chi connectivity index (χ1v) is 4.05. The van der Waals surface area contributed by atoms with Gasteiger partial charge in [-0.3, -0.25) is 0 Å². The molecule has 0 N–H and O–H groups in total. The third-order valence-electron chi connectivity index (χ3n) is 1.79. The minimum atomic E-state index is 0. The minimum Gasteiger partial charge on any atom is -0.210 e. The first kappa shape index (κ1) is 11.2. The molecule has 1 aromatic rings. The molecule has 0 atom stereocenters. The third-order valence-corrected chi connectivity index (χ3v) is 1.79. The van der Waals surface area contributed by atoms with E-state index >= 15 is 0 Å². The van der Waals surface area contributed by atoms with Crippen LogP contribution in [-0.4, -0.2) is 0 Å². The molecule has 0 nitrogen and oxygen atoms in total. The number of unbranched alkanes of at least 4 members (excludes halogenated alkanes) is 1. The standard InChI is InChI=1S/C10H15.Hf/c1-3-4-5-10-7-6-9(2)8-10;/h6-8H,3-5H2,1-2H3;/q-1;. The average molecular weight is 314 g/mol. The van der Waals surface area contributed by atoms with Gasteiger partial charge in [0.25, 0.3) is 0 Å². The Morgan fingerprint density at radius 2 is 2.18 bits per heavy atom.